The molecule has 2 aromatic rings. The van der Waals surface area contributed by atoms with Crippen LogP contribution in [0.2, 0.25) is 0 Å². The molecule has 0 aromatic heterocycles. The van der Waals surface area contributed by atoms with Crippen LogP contribution in [0.1, 0.15) is 47.6 Å². The number of carbonyl (C=O) groups is 3. The number of carboxylic acid groups (broad SMARTS) is 1. The predicted octanol–water partition coefficient (Wildman–Crippen LogP) is 2.92. The number of hydrogen-bond acceptors (Lipinski definition) is 3. The van der Waals surface area contributed by atoms with E-state index in [-0.39, 0.29) is 24.3 Å². The van der Waals surface area contributed by atoms with E-state index in [2.05, 4.69) is 10.6 Å². The van der Waals surface area contributed by atoms with Crippen molar-refractivity contribution in [3.63, 3.8) is 0 Å². The Morgan fingerprint density at radius 2 is 1.61 bits per heavy atom. The lowest BCUT2D eigenvalue weighted by atomic mass is 10.0. The average molecular weight is 380 g/mol. The van der Waals surface area contributed by atoms with E-state index in [4.69, 9.17) is 0 Å². The molecule has 3 atom stereocenters. The van der Waals surface area contributed by atoms with Crippen molar-refractivity contribution in [3.05, 3.63) is 71.8 Å². The number of carboxylic acids is 1. The maximum absolute atomic E-state index is 12.6. The Bertz CT molecular complexity index is 823. The van der Waals surface area contributed by atoms with Gasteiger partial charge in [0.05, 0.1) is 18.4 Å². The maximum atomic E-state index is 12.6. The summed E-state index contributed by atoms with van der Waals surface area (Å²) in [6.07, 6.45) is 2.07. The molecule has 1 fully saturated rings. The van der Waals surface area contributed by atoms with Gasteiger partial charge in [0.2, 0.25) is 5.91 Å². The first-order valence-corrected chi connectivity index (χ1v) is 9.47. The van der Waals surface area contributed by atoms with Crippen molar-refractivity contribution >= 4 is 17.8 Å². The minimum atomic E-state index is -0.875. The van der Waals surface area contributed by atoms with E-state index in [1.807, 2.05) is 36.4 Å². The van der Waals surface area contributed by atoms with E-state index in [0.717, 1.165) is 12.0 Å². The molecule has 1 aliphatic carbocycles. The van der Waals surface area contributed by atoms with E-state index < -0.39 is 17.9 Å². The highest BCUT2D eigenvalue weighted by atomic mass is 16.4. The zero-order valence-electron chi connectivity index (χ0n) is 15.5. The zero-order valence-corrected chi connectivity index (χ0v) is 15.5. The Hall–Kier alpha value is -3.15. The van der Waals surface area contributed by atoms with Crippen LogP contribution in [-0.4, -0.2) is 28.9 Å². The van der Waals surface area contributed by atoms with Crippen molar-refractivity contribution in [2.45, 2.75) is 37.8 Å². The first-order chi connectivity index (χ1) is 13.5. The summed E-state index contributed by atoms with van der Waals surface area (Å²) in [5, 5.41) is 15.1. The molecule has 1 unspecified atom stereocenters. The molecule has 28 heavy (non-hydrogen) atoms. The van der Waals surface area contributed by atoms with Gasteiger partial charge in [0.25, 0.3) is 5.91 Å². The van der Waals surface area contributed by atoms with Crippen LogP contribution < -0.4 is 10.6 Å². The monoisotopic (exact) mass is 380 g/mol. The quantitative estimate of drug-likeness (QED) is 0.688. The molecule has 2 amide bonds. The van der Waals surface area contributed by atoms with E-state index in [9.17, 15) is 19.5 Å². The van der Waals surface area contributed by atoms with Crippen molar-refractivity contribution in [1.82, 2.24) is 10.6 Å². The van der Waals surface area contributed by atoms with Gasteiger partial charge < -0.3 is 15.7 Å². The predicted molar refractivity (Wildman–Crippen MR) is 105 cm³/mol. The number of amides is 2. The summed E-state index contributed by atoms with van der Waals surface area (Å²) >= 11 is 0. The highest BCUT2D eigenvalue weighted by molar-refractivity contribution is 5.94. The summed E-state index contributed by atoms with van der Waals surface area (Å²) in [5.41, 5.74) is 1.34. The van der Waals surface area contributed by atoms with Crippen LogP contribution in [-0.2, 0) is 9.59 Å². The van der Waals surface area contributed by atoms with Gasteiger partial charge in [-0.1, -0.05) is 55.0 Å². The van der Waals surface area contributed by atoms with Gasteiger partial charge in [-0.2, -0.15) is 0 Å². The molecule has 6 nitrogen and oxygen atoms in total. The third-order valence-electron chi connectivity index (χ3n) is 5.11. The van der Waals surface area contributed by atoms with Gasteiger partial charge in [-0.05, 0) is 30.5 Å². The van der Waals surface area contributed by atoms with Gasteiger partial charge in [-0.15, -0.1) is 0 Å². The zero-order chi connectivity index (χ0) is 19.9. The molecule has 2 aromatic carbocycles. The second kappa shape index (κ2) is 9.17. The van der Waals surface area contributed by atoms with Crippen molar-refractivity contribution in [1.29, 1.82) is 0 Å². The summed E-state index contributed by atoms with van der Waals surface area (Å²) in [6.45, 7) is 0. The molecular formula is C22H24N2O4. The molecule has 0 spiro atoms. The molecule has 0 aliphatic heterocycles. The molecule has 6 heteroatoms. The number of benzene rings is 2. The molecule has 0 bridgehead atoms. The number of carbonyl (C=O) groups excluding carboxylic acids is 2. The Balaban J connectivity index is 1.70. The number of rotatable bonds is 7. The van der Waals surface area contributed by atoms with Crippen LogP contribution in [0.5, 0.6) is 0 Å². The minimum Gasteiger partial charge on any atom is -0.481 e. The standard InChI is InChI=1S/C22H24N2O4/c25-20(23-18-13-7-12-17(18)22(27)28)14-19(15-8-3-1-4-9-15)24-21(26)16-10-5-2-6-11-16/h1-6,8-11,17-19H,7,12-14H2,(H,23,25)(H,24,26)(H,27,28)/t17-,18+,19?/m1/s1. The van der Waals surface area contributed by atoms with Crippen molar-refractivity contribution in [2.75, 3.05) is 0 Å². The third-order valence-corrected chi connectivity index (χ3v) is 5.11. The number of aliphatic carboxylic acids is 1. The fourth-order valence-electron chi connectivity index (χ4n) is 3.65. The summed E-state index contributed by atoms with van der Waals surface area (Å²) in [6, 6.07) is 17.3. The lowest BCUT2D eigenvalue weighted by Crippen LogP contribution is -2.42. The smallest absolute Gasteiger partial charge is 0.308 e. The SMILES string of the molecule is O=C(CC(NC(=O)c1ccccc1)c1ccccc1)N[C@H]1CCC[C@H]1C(=O)O. The maximum Gasteiger partial charge on any atom is 0.308 e. The van der Waals surface area contributed by atoms with Gasteiger partial charge in [-0.25, -0.2) is 0 Å². The van der Waals surface area contributed by atoms with Crippen LogP contribution in [0.15, 0.2) is 60.7 Å². The molecule has 0 heterocycles. The van der Waals surface area contributed by atoms with E-state index in [1.54, 1.807) is 24.3 Å². The Labute approximate surface area is 164 Å². The summed E-state index contributed by atoms with van der Waals surface area (Å²) in [4.78, 5) is 36.5. The topological polar surface area (TPSA) is 95.5 Å². The molecule has 1 aliphatic rings. The van der Waals surface area contributed by atoms with Crippen LogP contribution in [0.3, 0.4) is 0 Å². The Morgan fingerprint density at radius 3 is 2.25 bits per heavy atom. The summed E-state index contributed by atoms with van der Waals surface area (Å²) < 4.78 is 0. The highest BCUT2D eigenvalue weighted by Gasteiger charge is 2.34. The molecule has 0 radical (unpaired) electrons. The van der Waals surface area contributed by atoms with Gasteiger partial charge in [0.15, 0.2) is 0 Å². The normalized spacial score (nSPS) is 19.6. The summed E-state index contributed by atoms with van der Waals surface area (Å²) in [5.74, 6) is -1.94. The van der Waals surface area contributed by atoms with Crippen molar-refractivity contribution in [2.24, 2.45) is 5.92 Å². The van der Waals surface area contributed by atoms with Gasteiger partial charge in [-0.3, -0.25) is 14.4 Å². The van der Waals surface area contributed by atoms with E-state index in [0.29, 0.717) is 18.4 Å². The molecule has 0 saturated heterocycles. The Morgan fingerprint density at radius 1 is 0.964 bits per heavy atom. The van der Waals surface area contributed by atoms with Crippen LogP contribution >= 0.6 is 0 Å². The lowest BCUT2D eigenvalue weighted by molar-refractivity contribution is -0.142. The summed E-state index contributed by atoms with van der Waals surface area (Å²) in [7, 11) is 0. The second-order valence-electron chi connectivity index (χ2n) is 7.06. The van der Waals surface area contributed by atoms with Gasteiger partial charge in [0.1, 0.15) is 0 Å². The first kappa shape index (κ1) is 19.6. The number of hydrogen-bond donors (Lipinski definition) is 3. The van der Waals surface area contributed by atoms with Crippen LogP contribution in [0, 0.1) is 5.92 Å². The highest BCUT2D eigenvalue weighted by Crippen LogP contribution is 2.26. The molecule has 3 N–H and O–H groups in total. The molecular weight excluding hydrogens is 356 g/mol. The third kappa shape index (κ3) is 4.97. The van der Waals surface area contributed by atoms with E-state index >= 15 is 0 Å². The van der Waals surface area contributed by atoms with Crippen molar-refractivity contribution in [3.8, 4) is 0 Å². The fourth-order valence-corrected chi connectivity index (χ4v) is 3.65. The lowest BCUT2D eigenvalue weighted by Gasteiger charge is -2.22. The largest absolute Gasteiger partial charge is 0.481 e. The average Bonchev–Trinajstić information content (AvgIpc) is 3.17. The number of nitrogens with one attached hydrogen (secondary N) is 2. The van der Waals surface area contributed by atoms with Crippen molar-refractivity contribution < 1.29 is 19.5 Å². The Kier molecular flexibility index (Phi) is 6.42. The van der Waals surface area contributed by atoms with Crippen LogP contribution in [0.4, 0.5) is 0 Å². The molecule has 146 valence electrons. The minimum absolute atomic E-state index is 0.0470. The van der Waals surface area contributed by atoms with Gasteiger partial charge in [0, 0.05) is 11.6 Å². The van der Waals surface area contributed by atoms with E-state index in [1.165, 1.54) is 0 Å². The molecule has 1 saturated carbocycles. The molecule has 3 rings (SSSR count). The van der Waals surface area contributed by atoms with Gasteiger partial charge >= 0.3 is 5.97 Å². The fraction of sp³-hybridized carbons (Fsp3) is 0.318. The van der Waals surface area contributed by atoms with Crippen LogP contribution in [0.25, 0.3) is 0 Å². The second-order valence-corrected chi connectivity index (χ2v) is 7.06. The first-order valence-electron chi connectivity index (χ1n) is 9.47.